The predicted molar refractivity (Wildman–Crippen MR) is 65.9 cm³/mol. The van der Waals surface area contributed by atoms with Gasteiger partial charge < -0.3 is 11.1 Å². The normalized spacial score (nSPS) is 27.7. The lowest BCUT2D eigenvalue weighted by atomic mass is 10.1. The molecule has 15 heavy (non-hydrogen) atoms. The van der Waals surface area contributed by atoms with Gasteiger partial charge in [-0.15, -0.1) is 0 Å². The van der Waals surface area contributed by atoms with Gasteiger partial charge in [0.1, 0.15) is 0 Å². The molecule has 3 unspecified atom stereocenters. The second-order valence-corrected chi connectivity index (χ2v) is 5.49. The van der Waals surface area contributed by atoms with Gasteiger partial charge in [0.25, 0.3) is 0 Å². The molecule has 1 rings (SSSR count). The van der Waals surface area contributed by atoms with Crippen LogP contribution in [0.4, 0.5) is 0 Å². The number of amides is 1. The summed E-state index contributed by atoms with van der Waals surface area (Å²) < 4.78 is 0. The highest BCUT2D eigenvalue weighted by Gasteiger charge is 2.26. The molecule has 1 aliphatic rings. The van der Waals surface area contributed by atoms with Crippen molar-refractivity contribution in [2.45, 2.75) is 43.9 Å². The molecule has 3 nitrogen and oxygen atoms in total. The molecule has 4 heteroatoms. The van der Waals surface area contributed by atoms with Gasteiger partial charge in [-0.2, -0.15) is 11.8 Å². The number of carbonyl (C=O) groups excluding carboxylic acids is 1. The molecule has 0 aromatic rings. The van der Waals surface area contributed by atoms with Gasteiger partial charge in [-0.05, 0) is 38.5 Å². The van der Waals surface area contributed by atoms with Gasteiger partial charge in [0.2, 0.25) is 5.91 Å². The minimum atomic E-state index is 0.0586. The minimum Gasteiger partial charge on any atom is -0.353 e. The standard InChI is InChI=1S/C11H22N2OS/c1-8(5-6-12)11(14)13-9-3-4-10(7-9)15-2/h8-10H,3-7,12H2,1-2H3,(H,13,14). The Morgan fingerprint density at radius 1 is 1.60 bits per heavy atom. The maximum atomic E-state index is 11.7. The fraction of sp³-hybridized carbons (Fsp3) is 0.909. The summed E-state index contributed by atoms with van der Waals surface area (Å²) in [4.78, 5) is 11.7. The largest absolute Gasteiger partial charge is 0.353 e. The number of rotatable bonds is 5. The third kappa shape index (κ3) is 4.03. The summed E-state index contributed by atoms with van der Waals surface area (Å²) in [6.45, 7) is 2.54. The fourth-order valence-corrected chi connectivity index (χ4v) is 2.81. The maximum Gasteiger partial charge on any atom is 0.223 e. The van der Waals surface area contributed by atoms with E-state index < -0.39 is 0 Å². The molecule has 1 aliphatic carbocycles. The Morgan fingerprint density at radius 2 is 2.33 bits per heavy atom. The average Bonchev–Trinajstić information content (AvgIpc) is 2.66. The van der Waals surface area contributed by atoms with Gasteiger partial charge in [0.15, 0.2) is 0 Å². The topological polar surface area (TPSA) is 55.1 Å². The molecule has 0 bridgehead atoms. The van der Waals surface area contributed by atoms with Crippen LogP contribution in [-0.2, 0) is 4.79 Å². The van der Waals surface area contributed by atoms with Crippen LogP contribution in [-0.4, -0.2) is 30.0 Å². The molecular weight excluding hydrogens is 208 g/mol. The van der Waals surface area contributed by atoms with E-state index in [-0.39, 0.29) is 11.8 Å². The van der Waals surface area contributed by atoms with Crippen molar-refractivity contribution in [1.82, 2.24) is 5.32 Å². The van der Waals surface area contributed by atoms with Crippen LogP contribution < -0.4 is 11.1 Å². The summed E-state index contributed by atoms with van der Waals surface area (Å²) in [5.74, 6) is 0.232. The van der Waals surface area contributed by atoms with Crippen LogP contribution >= 0.6 is 11.8 Å². The molecule has 88 valence electrons. The van der Waals surface area contributed by atoms with E-state index in [0.29, 0.717) is 12.6 Å². The summed E-state index contributed by atoms with van der Waals surface area (Å²) in [7, 11) is 0. The number of hydrogen-bond donors (Lipinski definition) is 2. The highest BCUT2D eigenvalue weighted by molar-refractivity contribution is 7.99. The van der Waals surface area contributed by atoms with Crippen LogP contribution in [0, 0.1) is 5.92 Å². The molecule has 3 atom stereocenters. The van der Waals surface area contributed by atoms with Crippen molar-refractivity contribution < 1.29 is 4.79 Å². The third-order valence-corrected chi connectivity index (χ3v) is 4.21. The van der Waals surface area contributed by atoms with Crippen molar-refractivity contribution in [3.8, 4) is 0 Å². The number of hydrogen-bond acceptors (Lipinski definition) is 3. The Hall–Kier alpha value is -0.220. The number of nitrogens with one attached hydrogen (secondary N) is 1. The molecule has 1 saturated carbocycles. The Labute approximate surface area is 96.6 Å². The number of thioether (sulfide) groups is 1. The summed E-state index contributed by atoms with van der Waals surface area (Å²) in [6, 6.07) is 0.398. The van der Waals surface area contributed by atoms with E-state index in [2.05, 4.69) is 11.6 Å². The van der Waals surface area contributed by atoms with E-state index in [4.69, 9.17) is 5.73 Å². The zero-order valence-electron chi connectivity index (χ0n) is 9.66. The summed E-state index contributed by atoms with van der Waals surface area (Å²) in [5, 5.41) is 3.86. The number of nitrogens with two attached hydrogens (primary N) is 1. The Morgan fingerprint density at radius 3 is 2.87 bits per heavy atom. The second kappa shape index (κ2) is 6.38. The quantitative estimate of drug-likeness (QED) is 0.750. The molecule has 0 heterocycles. The zero-order chi connectivity index (χ0) is 11.3. The highest BCUT2D eigenvalue weighted by Crippen LogP contribution is 2.28. The first kappa shape index (κ1) is 12.8. The molecule has 1 amide bonds. The van der Waals surface area contributed by atoms with Crippen LogP contribution in [0.25, 0.3) is 0 Å². The highest BCUT2D eigenvalue weighted by atomic mass is 32.2. The van der Waals surface area contributed by atoms with E-state index in [1.54, 1.807) is 0 Å². The van der Waals surface area contributed by atoms with Crippen molar-refractivity contribution >= 4 is 17.7 Å². The summed E-state index contributed by atoms with van der Waals surface area (Å²) in [6.07, 6.45) is 6.42. The average molecular weight is 230 g/mol. The molecule has 0 radical (unpaired) electrons. The van der Waals surface area contributed by atoms with Crippen LogP contribution in [0.15, 0.2) is 0 Å². The lowest BCUT2D eigenvalue weighted by molar-refractivity contribution is -0.125. The second-order valence-electron chi connectivity index (χ2n) is 4.35. The van der Waals surface area contributed by atoms with Crippen LogP contribution in [0.2, 0.25) is 0 Å². The Bertz CT molecular complexity index is 211. The van der Waals surface area contributed by atoms with Gasteiger partial charge in [-0.25, -0.2) is 0 Å². The molecular formula is C11H22N2OS. The lowest BCUT2D eigenvalue weighted by Crippen LogP contribution is -2.37. The minimum absolute atomic E-state index is 0.0586. The Kier molecular flexibility index (Phi) is 5.47. The van der Waals surface area contributed by atoms with Gasteiger partial charge in [0, 0.05) is 17.2 Å². The van der Waals surface area contributed by atoms with Crippen molar-refractivity contribution in [1.29, 1.82) is 0 Å². The predicted octanol–water partition coefficient (Wildman–Crippen LogP) is 1.37. The van der Waals surface area contributed by atoms with Crippen LogP contribution in [0.5, 0.6) is 0 Å². The number of carbonyl (C=O) groups is 1. The van der Waals surface area contributed by atoms with Gasteiger partial charge >= 0.3 is 0 Å². The fourth-order valence-electron chi connectivity index (χ4n) is 2.01. The smallest absolute Gasteiger partial charge is 0.223 e. The van der Waals surface area contributed by atoms with Gasteiger partial charge in [0.05, 0.1) is 0 Å². The first-order valence-corrected chi connectivity index (χ1v) is 6.99. The van der Waals surface area contributed by atoms with E-state index in [1.165, 1.54) is 6.42 Å². The molecule has 3 N–H and O–H groups in total. The molecule has 0 aromatic heterocycles. The summed E-state index contributed by atoms with van der Waals surface area (Å²) in [5.41, 5.74) is 5.44. The Balaban J connectivity index is 2.27. The lowest BCUT2D eigenvalue weighted by Gasteiger charge is -2.16. The van der Waals surface area contributed by atoms with Gasteiger partial charge in [-0.1, -0.05) is 6.92 Å². The van der Waals surface area contributed by atoms with E-state index in [9.17, 15) is 4.79 Å². The monoisotopic (exact) mass is 230 g/mol. The van der Waals surface area contributed by atoms with Crippen LogP contribution in [0.1, 0.15) is 32.6 Å². The van der Waals surface area contributed by atoms with Crippen molar-refractivity contribution in [2.75, 3.05) is 12.8 Å². The first-order valence-electron chi connectivity index (χ1n) is 5.70. The SMILES string of the molecule is CSC1CCC(NC(=O)C(C)CCN)C1. The first-order chi connectivity index (χ1) is 7.17. The zero-order valence-corrected chi connectivity index (χ0v) is 10.5. The van der Waals surface area contributed by atoms with E-state index in [1.807, 2.05) is 18.7 Å². The molecule has 0 aromatic carbocycles. The maximum absolute atomic E-state index is 11.7. The van der Waals surface area contributed by atoms with Crippen molar-refractivity contribution in [3.05, 3.63) is 0 Å². The third-order valence-electron chi connectivity index (χ3n) is 3.11. The van der Waals surface area contributed by atoms with Crippen molar-refractivity contribution in [3.63, 3.8) is 0 Å². The van der Waals surface area contributed by atoms with Crippen LogP contribution in [0.3, 0.4) is 0 Å². The molecule has 0 spiro atoms. The molecule has 1 fully saturated rings. The van der Waals surface area contributed by atoms with E-state index in [0.717, 1.165) is 24.5 Å². The van der Waals surface area contributed by atoms with Gasteiger partial charge in [-0.3, -0.25) is 4.79 Å². The van der Waals surface area contributed by atoms with E-state index >= 15 is 0 Å². The molecule has 0 aliphatic heterocycles. The summed E-state index contributed by atoms with van der Waals surface area (Å²) >= 11 is 1.91. The van der Waals surface area contributed by atoms with Crippen molar-refractivity contribution in [2.24, 2.45) is 11.7 Å². The molecule has 0 saturated heterocycles.